The number of amides is 1. The number of nitrogens with two attached hydrogens (primary N) is 1. The summed E-state index contributed by atoms with van der Waals surface area (Å²) in [5, 5.41) is 10.9. The molecule has 0 bridgehead atoms. The van der Waals surface area contributed by atoms with Crippen LogP contribution in [0.2, 0.25) is 0 Å². The number of hydrogen-bond donors (Lipinski definition) is 1. The van der Waals surface area contributed by atoms with Crippen molar-refractivity contribution in [1.29, 1.82) is 5.26 Å². The molecule has 0 aliphatic rings. The molecule has 6 heteroatoms. The summed E-state index contributed by atoms with van der Waals surface area (Å²) in [7, 11) is 0. The number of nitrogens with zero attached hydrogens (tertiary/aromatic N) is 3. The van der Waals surface area contributed by atoms with Crippen molar-refractivity contribution in [2.75, 3.05) is 13.1 Å². The molecule has 1 unspecified atom stereocenters. The van der Waals surface area contributed by atoms with Gasteiger partial charge in [0, 0.05) is 5.38 Å². The molecule has 0 fully saturated rings. The highest BCUT2D eigenvalue weighted by molar-refractivity contribution is 7.09. The number of rotatable bonds is 4. The number of nitriles is 1. The molecule has 2 N–H and O–H groups in total. The van der Waals surface area contributed by atoms with Crippen LogP contribution in [0.5, 0.6) is 0 Å². The largest absolute Gasteiger partial charge is 0.322 e. The zero-order valence-electron chi connectivity index (χ0n) is 9.38. The normalized spacial score (nSPS) is 11.3. The zero-order valence-corrected chi connectivity index (χ0v) is 10.2. The van der Waals surface area contributed by atoms with E-state index in [1.54, 1.807) is 12.3 Å². The highest BCUT2D eigenvalue weighted by Gasteiger charge is 2.18. The first-order chi connectivity index (χ1) is 8.10. The Morgan fingerprint density at radius 3 is 2.94 bits per heavy atom. The summed E-state index contributed by atoms with van der Waals surface area (Å²) in [5.41, 5.74) is 5.94. The molecule has 0 spiro atoms. The number of terminal acetylenes is 1. The molecule has 17 heavy (non-hydrogen) atoms. The number of aromatic nitrogens is 1. The van der Waals surface area contributed by atoms with E-state index in [1.807, 2.05) is 6.07 Å². The molecule has 1 aromatic rings. The Hall–Kier alpha value is -1.89. The summed E-state index contributed by atoms with van der Waals surface area (Å²) in [6.45, 7) is 1.84. The second kappa shape index (κ2) is 6.00. The van der Waals surface area contributed by atoms with Gasteiger partial charge in [-0.15, -0.1) is 17.8 Å². The van der Waals surface area contributed by atoms with Crippen LogP contribution in [0.25, 0.3) is 0 Å². The second-order valence-corrected chi connectivity index (χ2v) is 4.27. The van der Waals surface area contributed by atoms with E-state index in [1.165, 1.54) is 16.2 Å². The minimum absolute atomic E-state index is 0.0475. The summed E-state index contributed by atoms with van der Waals surface area (Å²) in [4.78, 5) is 17.3. The fraction of sp³-hybridized carbons (Fsp3) is 0.364. The van der Waals surface area contributed by atoms with Gasteiger partial charge < -0.3 is 10.6 Å². The van der Waals surface area contributed by atoms with Gasteiger partial charge in [-0.25, -0.2) is 4.98 Å². The van der Waals surface area contributed by atoms with Crippen molar-refractivity contribution in [2.45, 2.75) is 13.0 Å². The highest BCUT2D eigenvalue weighted by atomic mass is 32.1. The molecule has 0 saturated heterocycles. The molecular formula is C11H12N4OS. The topological polar surface area (TPSA) is 83.0 Å². The Labute approximate surface area is 104 Å². The van der Waals surface area contributed by atoms with E-state index in [0.717, 1.165) is 0 Å². The SMILES string of the molecule is C#CCN(CC#N)C(=O)c1csc(C(C)N)n1. The molecule has 1 rings (SSSR count). The van der Waals surface area contributed by atoms with Crippen LogP contribution in [0.4, 0.5) is 0 Å². The van der Waals surface area contributed by atoms with E-state index in [4.69, 9.17) is 17.4 Å². The van der Waals surface area contributed by atoms with Crippen molar-refractivity contribution >= 4 is 17.2 Å². The number of carbonyl (C=O) groups excluding carboxylic acids is 1. The molecule has 0 aromatic carbocycles. The summed E-state index contributed by atoms with van der Waals surface area (Å²) < 4.78 is 0. The van der Waals surface area contributed by atoms with Gasteiger partial charge in [0.2, 0.25) is 0 Å². The Kier molecular flexibility index (Phi) is 4.65. The molecular weight excluding hydrogens is 236 g/mol. The summed E-state index contributed by atoms with van der Waals surface area (Å²) in [6.07, 6.45) is 5.14. The van der Waals surface area contributed by atoms with Gasteiger partial charge in [-0.1, -0.05) is 5.92 Å². The maximum atomic E-state index is 11.9. The van der Waals surface area contributed by atoms with Crippen molar-refractivity contribution in [3.8, 4) is 18.4 Å². The van der Waals surface area contributed by atoms with Gasteiger partial charge in [0.1, 0.15) is 17.2 Å². The van der Waals surface area contributed by atoms with Crippen LogP contribution in [0, 0.1) is 23.7 Å². The van der Waals surface area contributed by atoms with Crippen molar-refractivity contribution in [3.63, 3.8) is 0 Å². The fourth-order valence-electron chi connectivity index (χ4n) is 1.15. The van der Waals surface area contributed by atoms with Gasteiger partial charge in [-0.05, 0) is 6.92 Å². The smallest absolute Gasteiger partial charge is 0.274 e. The van der Waals surface area contributed by atoms with Crippen LogP contribution in [0.15, 0.2) is 5.38 Å². The van der Waals surface area contributed by atoms with E-state index >= 15 is 0 Å². The zero-order chi connectivity index (χ0) is 12.8. The van der Waals surface area contributed by atoms with E-state index < -0.39 is 0 Å². The van der Waals surface area contributed by atoms with Crippen molar-refractivity contribution in [2.24, 2.45) is 5.73 Å². The van der Waals surface area contributed by atoms with Gasteiger partial charge in [0.05, 0.1) is 18.7 Å². The van der Waals surface area contributed by atoms with E-state index in [-0.39, 0.29) is 30.7 Å². The third kappa shape index (κ3) is 3.28. The molecule has 1 atom stereocenters. The molecule has 1 heterocycles. The summed E-state index contributed by atoms with van der Waals surface area (Å²) >= 11 is 1.32. The molecule has 1 aromatic heterocycles. The first-order valence-corrected chi connectivity index (χ1v) is 5.78. The average molecular weight is 248 g/mol. The highest BCUT2D eigenvalue weighted by Crippen LogP contribution is 2.16. The monoisotopic (exact) mass is 248 g/mol. The first kappa shape index (κ1) is 13.2. The lowest BCUT2D eigenvalue weighted by Crippen LogP contribution is -2.32. The molecule has 0 radical (unpaired) electrons. The molecule has 5 nitrogen and oxygen atoms in total. The van der Waals surface area contributed by atoms with Crippen molar-refractivity contribution in [1.82, 2.24) is 9.88 Å². The lowest BCUT2D eigenvalue weighted by Gasteiger charge is -2.14. The Morgan fingerprint density at radius 2 is 2.47 bits per heavy atom. The van der Waals surface area contributed by atoms with Gasteiger partial charge >= 0.3 is 0 Å². The molecule has 0 saturated carbocycles. The average Bonchev–Trinajstić information content (AvgIpc) is 2.77. The Balaban J connectivity index is 2.86. The van der Waals surface area contributed by atoms with Crippen molar-refractivity contribution < 1.29 is 4.79 Å². The third-order valence-corrected chi connectivity index (χ3v) is 3.01. The molecule has 0 aliphatic heterocycles. The van der Waals surface area contributed by atoms with Gasteiger partial charge in [-0.3, -0.25) is 4.79 Å². The molecule has 1 amide bonds. The van der Waals surface area contributed by atoms with Crippen LogP contribution in [0.3, 0.4) is 0 Å². The second-order valence-electron chi connectivity index (χ2n) is 3.38. The van der Waals surface area contributed by atoms with Crippen LogP contribution in [-0.2, 0) is 0 Å². The van der Waals surface area contributed by atoms with Gasteiger partial charge in [-0.2, -0.15) is 5.26 Å². The Bertz CT molecular complexity index is 464. The van der Waals surface area contributed by atoms with Gasteiger partial charge in [0.15, 0.2) is 0 Å². The summed E-state index contributed by atoms with van der Waals surface area (Å²) in [6, 6.07) is 1.68. The van der Waals surface area contributed by atoms with E-state index in [0.29, 0.717) is 5.01 Å². The minimum Gasteiger partial charge on any atom is -0.322 e. The fourth-order valence-corrected chi connectivity index (χ4v) is 1.90. The number of hydrogen-bond acceptors (Lipinski definition) is 5. The van der Waals surface area contributed by atoms with E-state index in [2.05, 4.69) is 10.9 Å². The first-order valence-electron chi connectivity index (χ1n) is 4.90. The third-order valence-electron chi connectivity index (χ3n) is 1.96. The number of thiazole rings is 1. The quantitative estimate of drug-likeness (QED) is 0.630. The predicted molar refractivity (Wildman–Crippen MR) is 65.1 cm³/mol. The Morgan fingerprint density at radius 1 is 1.76 bits per heavy atom. The maximum Gasteiger partial charge on any atom is 0.274 e. The minimum atomic E-state index is -0.340. The number of carbonyl (C=O) groups is 1. The standard InChI is InChI=1S/C11H12N4OS/c1-3-5-15(6-4-12)11(16)9-7-17-10(14-9)8(2)13/h1,7-8H,5-6,13H2,2H3. The van der Waals surface area contributed by atoms with Crippen LogP contribution >= 0.6 is 11.3 Å². The van der Waals surface area contributed by atoms with Crippen LogP contribution < -0.4 is 5.73 Å². The van der Waals surface area contributed by atoms with Crippen LogP contribution in [0.1, 0.15) is 28.5 Å². The lowest BCUT2D eigenvalue weighted by molar-refractivity contribution is 0.0790. The van der Waals surface area contributed by atoms with E-state index in [9.17, 15) is 4.79 Å². The predicted octanol–water partition coefficient (Wildman–Crippen LogP) is 0.762. The van der Waals surface area contributed by atoms with Gasteiger partial charge in [0.25, 0.3) is 5.91 Å². The molecule has 0 aliphatic carbocycles. The van der Waals surface area contributed by atoms with Crippen molar-refractivity contribution in [3.05, 3.63) is 16.1 Å². The van der Waals surface area contributed by atoms with Crippen LogP contribution in [-0.4, -0.2) is 28.9 Å². The molecule has 88 valence electrons. The maximum absolute atomic E-state index is 11.9. The lowest BCUT2D eigenvalue weighted by atomic mass is 10.3. The summed E-state index contributed by atoms with van der Waals surface area (Å²) in [5.74, 6) is 2.00.